The first-order valence-corrected chi connectivity index (χ1v) is 6.18. The number of carbonyl (C=O) groups is 1. The summed E-state index contributed by atoms with van der Waals surface area (Å²) >= 11 is 0. The lowest BCUT2D eigenvalue weighted by Crippen LogP contribution is -2.07. The lowest BCUT2D eigenvalue weighted by Gasteiger charge is -2.11. The van der Waals surface area contributed by atoms with E-state index >= 15 is 0 Å². The first kappa shape index (κ1) is 12.5. The number of rotatable bonds is 4. The van der Waals surface area contributed by atoms with Crippen LogP contribution in [0.25, 0.3) is 0 Å². The molecule has 92 valence electrons. The number of pyridine rings is 1. The molecule has 0 N–H and O–H groups in total. The summed E-state index contributed by atoms with van der Waals surface area (Å²) in [5.41, 5.74) is 2.75. The van der Waals surface area contributed by atoms with Gasteiger partial charge in [-0.2, -0.15) is 0 Å². The Hall–Kier alpha value is -1.96. The van der Waals surface area contributed by atoms with E-state index in [1.807, 2.05) is 37.3 Å². The molecule has 18 heavy (non-hydrogen) atoms. The average molecular weight is 239 g/mol. The first-order chi connectivity index (χ1) is 8.68. The third-order valence-corrected chi connectivity index (χ3v) is 3.17. The van der Waals surface area contributed by atoms with Gasteiger partial charge in [-0.15, -0.1) is 0 Å². The van der Waals surface area contributed by atoms with E-state index in [4.69, 9.17) is 0 Å². The van der Waals surface area contributed by atoms with Crippen molar-refractivity contribution < 1.29 is 4.79 Å². The molecule has 1 unspecified atom stereocenters. The van der Waals surface area contributed by atoms with Crippen molar-refractivity contribution in [2.75, 3.05) is 0 Å². The van der Waals surface area contributed by atoms with Crippen molar-refractivity contribution in [1.82, 2.24) is 4.98 Å². The molecule has 2 rings (SSSR count). The van der Waals surface area contributed by atoms with E-state index in [1.165, 1.54) is 5.56 Å². The summed E-state index contributed by atoms with van der Waals surface area (Å²) in [5.74, 6) is 0.398. The van der Waals surface area contributed by atoms with Crippen molar-refractivity contribution in [2.24, 2.45) is 0 Å². The molecule has 0 aliphatic carbocycles. The highest BCUT2D eigenvalue weighted by Crippen LogP contribution is 2.21. The number of nitrogens with zero attached hydrogens (tertiary/aromatic N) is 1. The zero-order chi connectivity index (χ0) is 13.0. The second-order valence-electron chi connectivity index (χ2n) is 4.58. The minimum absolute atomic E-state index is 0.164. The van der Waals surface area contributed by atoms with E-state index in [1.54, 1.807) is 6.20 Å². The summed E-state index contributed by atoms with van der Waals surface area (Å²) in [6, 6.07) is 13.8. The molecule has 0 fully saturated rings. The number of carbonyl (C=O) groups excluding carboxylic acids is 1. The van der Waals surface area contributed by atoms with Crippen molar-refractivity contribution in [1.29, 1.82) is 0 Å². The third-order valence-electron chi connectivity index (χ3n) is 3.17. The zero-order valence-electron chi connectivity index (χ0n) is 10.8. The molecule has 1 atom stereocenters. The lowest BCUT2D eigenvalue weighted by atomic mass is 9.93. The van der Waals surface area contributed by atoms with Gasteiger partial charge in [0.05, 0.1) is 0 Å². The number of Topliss-reactive ketones (excluding diaryl/α,β-unsaturated/α-hetero) is 1. The SMILES string of the molecule is Cc1ncccc1C(=O)CC(C)c1ccccc1. The van der Waals surface area contributed by atoms with Crippen LogP contribution in [0, 0.1) is 6.92 Å². The smallest absolute Gasteiger partial charge is 0.165 e. The van der Waals surface area contributed by atoms with Crippen LogP contribution in [0.15, 0.2) is 48.7 Å². The maximum atomic E-state index is 12.2. The molecule has 0 amide bonds. The van der Waals surface area contributed by atoms with Crippen molar-refractivity contribution in [3.05, 3.63) is 65.5 Å². The van der Waals surface area contributed by atoms with E-state index < -0.39 is 0 Å². The fourth-order valence-corrected chi connectivity index (χ4v) is 2.07. The Labute approximate surface area is 108 Å². The van der Waals surface area contributed by atoms with Gasteiger partial charge in [-0.05, 0) is 30.5 Å². The normalized spacial score (nSPS) is 12.1. The van der Waals surface area contributed by atoms with Gasteiger partial charge >= 0.3 is 0 Å². The first-order valence-electron chi connectivity index (χ1n) is 6.18. The summed E-state index contributed by atoms with van der Waals surface area (Å²) in [7, 11) is 0. The predicted octanol–water partition coefficient (Wildman–Crippen LogP) is 3.77. The molecule has 1 aromatic carbocycles. The van der Waals surface area contributed by atoms with Crippen molar-refractivity contribution in [2.45, 2.75) is 26.2 Å². The summed E-state index contributed by atoms with van der Waals surface area (Å²) in [5, 5.41) is 0. The van der Waals surface area contributed by atoms with E-state index in [9.17, 15) is 4.79 Å². The van der Waals surface area contributed by atoms with Crippen molar-refractivity contribution >= 4 is 5.78 Å². The highest BCUT2D eigenvalue weighted by atomic mass is 16.1. The number of hydrogen-bond acceptors (Lipinski definition) is 2. The molecule has 2 heteroatoms. The Balaban J connectivity index is 2.11. The van der Waals surface area contributed by atoms with Gasteiger partial charge in [0.1, 0.15) is 0 Å². The molecule has 0 radical (unpaired) electrons. The third kappa shape index (κ3) is 2.83. The molecule has 0 saturated carbocycles. The minimum Gasteiger partial charge on any atom is -0.294 e. The van der Waals surface area contributed by atoms with Crippen LogP contribution in [0.3, 0.4) is 0 Å². The number of benzene rings is 1. The Morgan fingerprint density at radius 3 is 2.56 bits per heavy atom. The van der Waals surface area contributed by atoms with E-state index in [0.29, 0.717) is 6.42 Å². The van der Waals surface area contributed by atoms with Gasteiger partial charge in [0, 0.05) is 23.9 Å². The van der Waals surface area contributed by atoms with Gasteiger partial charge in [0.25, 0.3) is 0 Å². The number of ketones is 1. The highest BCUT2D eigenvalue weighted by Gasteiger charge is 2.14. The Morgan fingerprint density at radius 2 is 1.89 bits per heavy atom. The van der Waals surface area contributed by atoms with Crippen LogP contribution in [0.4, 0.5) is 0 Å². The number of aryl methyl sites for hydroxylation is 1. The molecular weight excluding hydrogens is 222 g/mol. The molecule has 0 spiro atoms. The average Bonchev–Trinajstić information content (AvgIpc) is 2.40. The molecule has 2 aromatic rings. The quantitative estimate of drug-likeness (QED) is 0.760. The monoisotopic (exact) mass is 239 g/mol. The van der Waals surface area contributed by atoms with Gasteiger partial charge in [-0.25, -0.2) is 0 Å². The van der Waals surface area contributed by atoms with Gasteiger partial charge in [-0.1, -0.05) is 37.3 Å². The molecule has 0 bridgehead atoms. The fraction of sp³-hybridized carbons (Fsp3) is 0.250. The van der Waals surface area contributed by atoms with Crippen LogP contribution in [0.2, 0.25) is 0 Å². The maximum absolute atomic E-state index is 12.2. The van der Waals surface area contributed by atoms with Crippen LogP contribution in [0.5, 0.6) is 0 Å². The van der Waals surface area contributed by atoms with Gasteiger partial charge in [-0.3, -0.25) is 9.78 Å². The van der Waals surface area contributed by atoms with E-state index in [2.05, 4.69) is 24.0 Å². The van der Waals surface area contributed by atoms with Crippen LogP contribution in [-0.2, 0) is 0 Å². The minimum atomic E-state index is 0.164. The Bertz CT molecular complexity index is 534. The van der Waals surface area contributed by atoms with Crippen molar-refractivity contribution in [3.8, 4) is 0 Å². The molecule has 2 nitrogen and oxygen atoms in total. The van der Waals surface area contributed by atoms with E-state index in [-0.39, 0.29) is 11.7 Å². The Kier molecular flexibility index (Phi) is 3.88. The molecule has 0 saturated heterocycles. The standard InChI is InChI=1S/C16H17NO/c1-12(14-7-4-3-5-8-14)11-16(18)15-9-6-10-17-13(15)2/h3-10,12H,11H2,1-2H3. The Morgan fingerprint density at radius 1 is 1.17 bits per heavy atom. The summed E-state index contributed by atoms with van der Waals surface area (Å²) < 4.78 is 0. The molecule has 0 aliphatic rings. The predicted molar refractivity (Wildman–Crippen MR) is 72.8 cm³/mol. The molecule has 1 heterocycles. The molecule has 0 aliphatic heterocycles. The molecule has 1 aromatic heterocycles. The van der Waals surface area contributed by atoms with Crippen LogP contribution in [0.1, 0.15) is 40.9 Å². The van der Waals surface area contributed by atoms with Crippen LogP contribution in [-0.4, -0.2) is 10.8 Å². The summed E-state index contributed by atoms with van der Waals surface area (Å²) in [6.07, 6.45) is 2.24. The topological polar surface area (TPSA) is 30.0 Å². The van der Waals surface area contributed by atoms with Gasteiger partial charge in [0.2, 0.25) is 0 Å². The second kappa shape index (κ2) is 5.58. The van der Waals surface area contributed by atoms with Gasteiger partial charge < -0.3 is 0 Å². The lowest BCUT2D eigenvalue weighted by molar-refractivity contribution is 0.0974. The van der Waals surface area contributed by atoms with Crippen LogP contribution >= 0.6 is 0 Å². The maximum Gasteiger partial charge on any atom is 0.165 e. The molecular formula is C16H17NO. The largest absolute Gasteiger partial charge is 0.294 e. The second-order valence-corrected chi connectivity index (χ2v) is 4.58. The van der Waals surface area contributed by atoms with E-state index in [0.717, 1.165) is 11.3 Å². The number of aromatic nitrogens is 1. The highest BCUT2D eigenvalue weighted by molar-refractivity contribution is 5.97. The van der Waals surface area contributed by atoms with Crippen molar-refractivity contribution in [3.63, 3.8) is 0 Å². The van der Waals surface area contributed by atoms with Crippen LogP contribution < -0.4 is 0 Å². The van der Waals surface area contributed by atoms with Gasteiger partial charge in [0.15, 0.2) is 5.78 Å². The number of hydrogen-bond donors (Lipinski definition) is 0. The fourth-order valence-electron chi connectivity index (χ4n) is 2.07. The summed E-state index contributed by atoms with van der Waals surface area (Å²) in [4.78, 5) is 16.4. The summed E-state index contributed by atoms with van der Waals surface area (Å²) in [6.45, 7) is 3.96. The zero-order valence-corrected chi connectivity index (χ0v) is 10.8.